The van der Waals surface area contributed by atoms with E-state index < -0.39 is 27.5 Å². The second-order valence-electron chi connectivity index (χ2n) is 4.45. The summed E-state index contributed by atoms with van der Waals surface area (Å²) in [7, 11) is -4.28. The largest absolute Gasteiger partial charge is 0.418 e. The van der Waals surface area contributed by atoms with Crippen molar-refractivity contribution in [2.45, 2.75) is 24.9 Å². The first kappa shape index (κ1) is 16.6. The Bertz CT molecular complexity index is 796. The van der Waals surface area contributed by atoms with Crippen molar-refractivity contribution < 1.29 is 26.1 Å². The molecule has 0 bridgehead atoms. The van der Waals surface area contributed by atoms with E-state index in [1.54, 1.807) is 0 Å². The lowest BCUT2D eigenvalue weighted by atomic mass is 10.2. The summed E-state index contributed by atoms with van der Waals surface area (Å²) >= 11 is 5.54. The highest BCUT2D eigenvalue weighted by molar-refractivity contribution is 7.92. The topological polar surface area (TPSA) is 72.2 Å². The van der Waals surface area contributed by atoms with Crippen molar-refractivity contribution in [1.29, 1.82) is 0 Å². The van der Waals surface area contributed by atoms with E-state index in [1.807, 2.05) is 4.72 Å². The number of anilines is 1. The van der Waals surface area contributed by atoms with E-state index in [0.717, 1.165) is 12.1 Å². The fraction of sp³-hybridized carbons (Fsp3) is 0.250. The number of hydrogen-bond donors (Lipinski definition) is 1. The molecule has 1 aromatic carbocycles. The predicted octanol–water partition coefficient (Wildman–Crippen LogP) is 3.76. The lowest BCUT2D eigenvalue weighted by Crippen LogP contribution is -2.18. The summed E-state index contributed by atoms with van der Waals surface area (Å²) in [6.45, 7) is 2.72. The summed E-state index contributed by atoms with van der Waals surface area (Å²) in [5, 5.41) is 3.31. The van der Waals surface area contributed by atoms with Crippen molar-refractivity contribution >= 4 is 27.3 Å². The molecule has 0 amide bonds. The molecule has 5 nitrogen and oxygen atoms in total. The standard InChI is InChI=1S/C12H10ClF3N2O3S/c1-6-11(7(2)21-17-6)22(19,20)18-10-4-3-8(13)5-9(10)12(14,15)16/h3-5,18H,1-2H3. The van der Waals surface area contributed by atoms with Gasteiger partial charge in [-0.2, -0.15) is 13.2 Å². The summed E-state index contributed by atoms with van der Waals surface area (Å²) in [5.41, 5.74) is -1.76. The molecular weight excluding hydrogens is 345 g/mol. The maximum Gasteiger partial charge on any atom is 0.418 e. The average Bonchev–Trinajstić information content (AvgIpc) is 2.70. The predicted molar refractivity (Wildman–Crippen MR) is 73.2 cm³/mol. The second-order valence-corrected chi connectivity index (χ2v) is 6.50. The van der Waals surface area contributed by atoms with Crippen LogP contribution in [0.4, 0.5) is 18.9 Å². The number of hydrogen-bond acceptors (Lipinski definition) is 4. The third-order valence-corrected chi connectivity index (χ3v) is 4.61. The van der Waals surface area contributed by atoms with Crippen LogP contribution >= 0.6 is 11.6 Å². The highest BCUT2D eigenvalue weighted by atomic mass is 35.5. The molecule has 0 spiro atoms. The fourth-order valence-corrected chi connectivity index (χ4v) is 3.48. The first-order chi connectivity index (χ1) is 10.0. The number of halogens is 4. The molecule has 2 rings (SSSR count). The van der Waals surface area contributed by atoms with Gasteiger partial charge in [-0.1, -0.05) is 16.8 Å². The zero-order valence-electron chi connectivity index (χ0n) is 11.3. The molecule has 1 N–H and O–H groups in total. The van der Waals surface area contributed by atoms with Crippen LogP contribution in [0.15, 0.2) is 27.6 Å². The molecule has 0 atom stereocenters. The minimum absolute atomic E-state index is 0.0208. The van der Waals surface area contributed by atoms with Crippen LogP contribution in [0, 0.1) is 13.8 Å². The third kappa shape index (κ3) is 3.20. The van der Waals surface area contributed by atoms with Gasteiger partial charge in [-0.05, 0) is 32.0 Å². The number of nitrogens with one attached hydrogen (secondary N) is 1. The minimum atomic E-state index is -4.76. The molecule has 0 unspecified atom stereocenters. The molecule has 0 aliphatic carbocycles. The number of benzene rings is 1. The Labute approximate surface area is 129 Å². The van der Waals surface area contributed by atoms with E-state index in [4.69, 9.17) is 16.1 Å². The van der Waals surface area contributed by atoms with Gasteiger partial charge in [-0.15, -0.1) is 0 Å². The first-order valence-corrected chi connectivity index (χ1v) is 7.71. The molecule has 0 aliphatic rings. The van der Waals surface area contributed by atoms with Crippen LogP contribution in [-0.4, -0.2) is 13.6 Å². The van der Waals surface area contributed by atoms with Crippen molar-refractivity contribution in [3.05, 3.63) is 40.2 Å². The molecule has 10 heteroatoms. The molecular formula is C12H10ClF3N2O3S. The minimum Gasteiger partial charge on any atom is -0.360 e. The second kappa shape index (κ2) is 5.47. The first-order valence-electron chi connectivity index (χ1n) is 5.85. The Balaban J connectivity index is 2.52. The van der Waals surface area contributed by atoms with Gasteiger partial charge in [0.05, 0.1) is 11.3 Å². The molecule has 2 aromatic rings. The van der Waals surface area contributed by atoms with Crippen molar-refractivity contribution in [2.75, 3.05) is 4.72 Å². The average molecular weight is 355 g/mol. The van der Waals surface area contributed by atoms with Crippen LogP contribution in [0.1, 0.15) is 17.0 Å². The van der Waals surface area contributed by atoms with E-state index in [1.165, 1.54) is 13.8 Å². The Morgan fingerprint density at radius 1 is 1.27 bits per heavy atom. The Morgan fingerprint density at radius 2 is 1.91 bits per heavy atom. The van der Waals surface area contributed by atoms with Crippen molar-refractivity contribution in [1.82, 2.24) is 5.16 Å². The summed E-state index contributed by atoms with van der Waals surface area (Å²) in [6.07, 6.45) is -4.76. The number of aromatic nitrogens is 1. The molecule has 120 valence electrons. The maximum atomic E-state index is 13.0. The number of alkyl halides is 3. The van der Waals surface area contributed by atoms with Gasteiger partial charge in [-0.3, -0.25) is 4.72 Å². The van der Waals surface area contributed by atoms with Crippen LogP contribution in [0.3, 0.4) is 0 Å². The quantitative estimate of drug-likeness (QED) is 0.910. The summed E-state index contributed by atoms with van der Waals surface area (Å²) in [6, 6.07) is 2.75. The Hall–Kier alpha value is -1.74. The van der Waals surface area contributed by atoms with Gasteiger partial charge in [-0.25, -0.2) is 8.42 Å². The number of sulfonamides is 1. The van der Waals surface area contributed by atoms with E-state index >= 15 is 0 Å². The van der Waals surface area contributed by atoms with Crippen molar-refractivity contribution in [2.24, 2.45) is 0 Å². The molecule has 0 radical (unpaired) electrons. The SMILES string of the molecule is Cc1noc(C)c1S(=O)(=O)Nc1ccc(Cl)cc1C(F)(F)F. The highest BCUT2D eigenvalue weighted by Gasteiger charge is 2.35. The number of aryl methyl sites for hydroxylation is 2. The van der Waals surface area contributed by atoms with Gasteiger partial charge < -0.3 is 4.52 Å². The van der Waals surface area contributed by atoms with Gasteiger partial charge in [0.25, 0.3) is 10.0 Å². The Kier molecular flexibility index (Phi) is 4.14. The third-order valence-electron chi connectivity index (χ3n) is 2.77. The molecule has 0 saturated heterocycles. The van der Waals surface area contributed by atoms with E-state index in [2.05, 4.69) is 5.16 Å². The van der Waals surface area contributed by atoms with E-state index in [-0.39, 0.29) is 21.4 Å². The van der Waals surface area contributed by atoms with Gasteiger partial charge in [0.1, 0.15) is 5.69 Å². The smallest absolute Gasteiger partial charge is 0.360 e. The van der Waals surface area contributed by atoms with Crippen LogP contribution < -0.4 is 4.72 Å². The van der Waals surface area contributed by atoms with Crippen LogP contribution in [0.2, 0.25) is 5.02 Å². The fourth-order valence-electron chi connectivity index (χ4n) is 1.89. The molecule has 22 heavy (non-hydrogen) atoms. The van der Waals surface area contributed by atoms with Gasteiger partial charge in [0, 0.05) is 5.02 Å². The lowest BCUT2D eigenvalue weighted by Gasteiger charge is -2.15. The normalized spacial score (nSPS) is 12.5. The zero-order chi connectivity index (χ0) is 16.7. The molecule has 1 heterocycles. The van der Waals surface area contributed by atoms with E-state index in [0.29, 0.717) is 6.07 Å². The lowest BCUT2D eigenvalue weighted by molar-refractivity contribution is -0.136. The van der Waals surface area contributed by atoms with Crippen LogP contribution in [0.25, 0.3) is 0 Å². The molecule has 0 fully saturated rings. The van der Waals surface area contributed by atoms with Crippen LogP contribution in [-0.2, 0) is 16.2 Å². The summed E-state index contributed by atoms with van der Waals surface area (Å²) < 4.78 is 70.1. The molecule has 0 saturated carbocycles. The molecule has 1 aromatic heterocycles. The van der Waals surface area contributed by atoms with E-state index in [9.17, 15) is 21.6 Å². The van der Waals surface area contributed by atoms with Crippen molar-refractivity contribution in [3.63, 3.8) is 0 Å². The van der Waals surface area contributed by atoms with Gasteiger partial charge >= 0.3 is 6.18 Å². The zero-order valence-corrected chi connectivity index (χ0v) is 12.9. The summed E-state index contributed by atoms with van der Waals surface area (Å²) in [4.78, 5) is -0.296. The maximum absolute atomic E-state index is 13.0. The number of rotatable bonds is 3. The Morgan fingerprint density at radius 3 is 2.41 bits per heavy atom. The number of nitrogens with zero attached hydrogens (tertiary/aromatic N) is 1. The van der Waals surface area contributed by atoms with Crippen molar-refractivity contribution in [3.8, 4) is 0 Å². The monoisotopic (exact) mass is 354 g/mol. The van der Waals surface area contributed by atoms with Gasteiger partial charge in [0.2, 0.25) is 0 Å². The molecule has 0 aliphatic heterocycles. The van der Waals surface area contributed by atoms with Crippen LogP contribution in [0.5, 0.6) is 0 Å². The highest BCUT2D eigenvalue weighted by Crippen LogP contribution is 2.37. The summed E-state index contributed by atoms with van der Waals surface area (Å²) in [5.74, 6) is -0.0208. The van der Waals surface area contributed by atoms with Gasteiger partial charge in [0.15, 0.2) is 10.7 Å².